The Hall–Kier alpha value is -1.51. The summed E-state index contributed by atoms with van der Waals surface area (Å²) in [5.74, 6) is 1.34. The Morgan fingerprint density at radius 2 is 2.04 bits per heavy atom. The fourth-order valence-corrected chi connectivity index (χ4v) is 5.33. The lowest BCUT2D eigenvalue weighted by atomic mass is 10.2. The van der Waals surface area contributed by atoms with E-state index < -0.39 is 9.84 Å². The number of rotatable bonds is 7. The third-order valence-electron chi connectivity index (χ3n) is 4.91. The first-order valence-electron chi connectivity index (χ1n) is 9.05. The van der Waals surface area contributed by atoms with Crippen LogP contribution in [-0.2, 0) is 23.6 Å². The number of sulfone groups is 1. The number of benzene rings is 1. The Morgan fingerprint density at radius 3 is 2.65 bits per heavy atom. The zero-order chi connectivity index (χ0) is 18.7. The normalized spacial score (nSPS) is 19.3. The molecular weight excluding hydrogens is 368 g/mol. The Morgan fingerprint density at radius 1 is 1.31 bits per heavy atom. The van der Waals surface area contributed by atoms with Gasteiger partial charge in [0.1, 0.15) is 0 Å². The van der Waals surface area contributed by atoms with Gasteiger partial charge in [-0.3, -0.25) is 4.90 Å². The summed E-state index contributed by atoms with van der Waals surface area (Å²) in [5.41, 5.74) is 1.02. The molecule has 1 aromatic carbocycles. The van der Waals surface area contributed by atoms with E-state index in [0.717, 1.165) is 30.8 Å². The van der Waals surface area contributed by atoms with Crippen molar-refractivity contribution in [3.8, 4) is 11.4 Å². The summed E-state index contributed by atoms with van der Waals surface area (Å²) in [6.07, 6.45) is 2.79. The molecule has 0 amide bonds. The molecule has 0 N–H and O–H groups in total. The van der Waals surface area contributed by atoms with Gasteiger partial charge in [-0.05, 0) is 25.1 Å². The molecule has 1 fully saturated rings. The highest BCUT2D eigenvalue weighted by Crippen LogP contribution is 2.21. The number of nitrogens with zero attached hydrogens (tertiary/aromatic N) is 4. The molecule has 1 aliphatic rings. The third kappa shape index (κ3) is 4.24. The van der Waals surface area contributed by atoms with Crippen LogP contribution in [0.2, 0.25) is 0 Å². The lowest BCUT2D eigenvalue weighted by molar-refractivity contribution is 0.152. The van der Waals surface area contributed by atoms with E-state index in [1.165, 1.54) is 0 Å². The van der Waals surface area contributed by atoms with Crippen molar-refractivity contribution in [1.29, 1.82) is 0 Å². The highest BCUT2D eigenvalue weighted by Gasteiger charge is 2.32. The van der Waals surface area contributed by atoms with E-state index in [1.807, 2.05) is 46.6 Å². The first kappa shape index (κ1) is 19.3. The fraction of sp³-hybridized carbons (Fsp3) is 0.556. The number of hydrogen-bond donors (Lipinski definition) is 0. The van der Waals surface area contributed by atoms with Crippen LogP contribution in [0.3, 0.4) is 0 Å². The van der Waals surface area contributed by atoms with Crippen LogP contribution in [0.15, 0.2) is 30.3 Å². The van der Waals surface area contributed by atoms with Crippen molar-refractivity contribution >= 4 is 22.1 Å². The van der Waals surface area contributed by atoms with Crippen LogP contribution in [0.5, 0.6) is 0 Å². The van der Waals surface area contributed by atoms with Gasteiger partial charge in [0.2, 0.25) is 0 Å². The van der Waals surface area contributed by atoms with Crippen LogP contribution in [0.4, 0.5) is 0 Å². The molecule has 0 saturated carbocycles. The smallest absolute Gasteiger partial charge is 0.199 e. The van der Waals surface area contributed by atoms with Gasteiger partial charge in [-0.2, -0.15) is 5.10 Å². The monoisotopic (exact) mass is 394 g/mol. The minimum atomic E-state index is -2.92. The van der Waals surface area contributed by atoms with Gasteiger partial charge in [-0.15, -0.1) is 0 Å². The topological polar surface area (TPSA) is 60.1 Å². The van der Waals surface area contributed by atoms with Crippen molar-refractivity contribution in [2.24, 2.45) is 7.05 Å². The maximum absolute atomic E-state index is 11.9. The predicted octanol–water partition coefficient (Wildman–Crippen LogP) is 2.86. The summed E-state index contributed by atoms with van der Waals surface area (Å²) in [5, 5.41) is 4.72. The summed E-state index contributed by atoms with van der Waals surface area (Å²) < 4.78 is 28.2. The van der Waals surface area contributed by atoms with Gasteiger partial charge in [0.25, 0.3) is 0 Å². The van der Waals surface area contributed by atoms with Gasteiger partial charge in [-0.25, -0.2) is 13.1 Å². The maximum atomic E-state index is 11.9. The van der Waals surface area contributed by atoms with Crippen molar-refractivity contribution in [3.05, 3.63) is 35.1 Å². The molecule has 0 bridgehead atoms. The lowest BCUT2D eigenvalue weighted by Gasteiger charge is -2.27. The maximum Gasteiger partial charge on any atom is 0.199 e. The molecule has 1 aliphatic heterocycles. The van der Waals surface area contributed by atoms with E-state index >= 15 is 0 Å². The standard InChI is InChI=1S/C18H26N4O2S2/c1-3-4-11-21(16-10-12-26(23,24)13-16)14-22-18(25)20(2)17(19-22)15-8-6-5-7-9-15/h5-9,16H,3-4,10-14H2,1-2H3. The van der Waals surface area contributed by atoms with E-state index in [4.69, 9.17) is 17.3 Å². The second-order valence-corrected chi connectivity index (χ2v) is 9.49. The molecule has 0 aliphatic carbocycles. The Kier molecular flexibility index (Phi) is 5.94. The molecule has 0 spiro atoms. The van der Waals surface area contributed by atoms with Crippen molar-refractivity contribution in [1.82, 2.24) is 19.2 Å². The minimum absolute atomic E-state index is 0.0515. The first-order chi connectivity index (χ1) is 12.4. The number of unbranched alkanes of at least 4 members (excludes halogenated alkanes) is 1. The van der Waals surface area contributed by atoms with Crippen molar-refractivity contribution in [2.75, 3.05) is 18.1 Å². The molecule has 6 nitrogen and oxygen atoms in total. The summed E-state index contributed by atoms with van der Waals surface area (Å²) in [6, 6.07) is 10.0. The van der Waals surface area contributed by atoms with Gasteiger partial charge in [0.15, 0.2) is 20.4 Å². The van der Waals surface area contributed by atoms with E-state index in [9.17, 15) is 8.42 Å². The van der Waals surface area contributed by atoms with Crippen molar-refractivity contribution < 1.29 is 8.42 Å². The van der Waals surface area contributed by atoms with Gasteiger partial charge in [0.05, 0.1) is 18.2 Å². The first-order valence-corrected chi connectivity index (χ1v) is 11.3. The summed E-state index contributed by atoms with van der Waals surface area (Å²) >= 11 is 5.58. The Bertz CT molecular complexity index is 903. The average Bonchev–Trinajstić information content (AvgIpc) is 3.13. The molecular formula is C18H26N4O2S2. The highest BCUT2D eigenvalue weighted by molar-refractivity contribution is 7.91. The predicted molar refractivity (Wildman–Crippen MR) is 106 cm³/mol. The quantitative estimate of drug-likeness (QED) is 0.676. The van der Waals surface area contributed by atoms with Gasteiger partial charge < -0.3 is 4.57 Å². The van der Waals surface area contributed by atoms with E-state index in [2.05, 4.69) is 11.8 Å². The fourth-order valence-electron chi connectivity index (χ4n) is 3.38. The third-order valence-corrected chi connectivity index (χ3v) is 7.15. The molecule has 1 aromatic heterocycles. The molecule has 1 atom stereocenters. The minimum Gasteiger partial charge on any atom is -0.303 e. The van der Waals surface area contributed by atoms with Gasteiger partial charge in [-0.1, -0.05) is 43.7 Å². The van der Waals surface area contributed by atoms with Crippen LogP contribution in [0, 0.1) is 4.77 Å². The lowest BCUT2D eigenvalue weighted by Crippen LogP contribution is -2.38. The SMILES string of the molecule is CCCCN(Cn1nc(-c2ccccc2)n(C)c1=S)C1CCS(=O)(=O)C1. The van der Waals surface area contributed by atoms with Crippen LogP contribution < -0.4 is 0 Å². The molecule has 8 heteroatoms. The zero-order valence-corrected chi connectivity index (χ0v) is 17.0. The van der Waals surface area contributed by atoms with Crippen LogP contribution in [0.25, 0.3) is 11.4 Å². The average molecular weight is 395 g/mol. The molecule has 3 rings (SSSR count). The summed E-state index contributed by atoms with van der Waals surface area (Å²) in [4.78, 5) is 2.23. The van der Waals surface area contributed by atoms with Crippen LogP contribution in [-0.4, -0.2) is 51.8 Å². The second kappa shape index (κ2) is 8.02. The molecule has 0 radical (unpaired) electrons. The molecule has 1 saturated heterocycles. The number of aromatic nitrogens is 3. The van der Waals surface area contributed by atoms with E-state index in [0.29, 0.717) is 17.9 Å². The van der Waals surface area contributed by atoms with Crippen LogP contribution in [0.1, 0.15) is 26.2 Å². The zero-order valence-electron chi connectivity index (χ0n) is 15.3. The molecule has 142 valence electrons. The Labute approximate surface area is 160 Å². The van der Waals surface area contributed by atoms with Crippen molar-refractivity contribution in [3.63, 3.8) is 0 Å². The second-order valence-electron chi connectivity index (χ2n) is 6.89. The Balaban J connectivity index is 1.86. The summed E-state index contributed by atoms with van der Waals surface area (Å²) in [6.45, 7) is 3.53. The van der Waals surface area contributed by atoms with Gasteiger partial charge in [0, 0.05) is 25.2 Å². The summed E-state index contributed by atoms with van der Waals surface area (Å²) in [7, 11) is -0.995. The van der Waals surface area contributed by atoms with E-state index in [1.54, 1.807) is 0 Å². The molecule has 2 heterocycles. The number of hydrogen-bond acceptors (Lipinski definition) is 5. The highest BCUT2D eigenvalue weighted by atomic mass is 32.2. The molecule has 2 aromatic rings. The van der Waals surface area contributed by atoms with Crippen LogP contribution >= 0.6 is 12.2 Å². The van der Waals surface area contributed by atoms with Crippen molar-refractivity contribution in [2.45, 2.75) is 38.9 Å². The van der Waals surface area contributed by atoms with E-state index in [-0.39, 0.29) is 17.5 Å². The largest absolute Gasteiger partial charge is 0.303 e. The van der Waals surface area contributed by atoms with Gasteiger partial charge >= 0.3 is 0 Å². The molecule has 1 unspecified atom stereocenters. The molecule has 26 heavy (non-hydrogen) atoms.